The van der Waals surface area contributed by atoms with Gasteiger partial charge in [0.15, 0.2) is 21.5 Å². The number of carbonyl (C=O) groups excluding carboxylic acids is 1. The number of nitrogens with zero attached hydrogens (tertiary/aromatic N) is 1. The molecule has 1 heterocycles. The first kappa shape index (κ1) is 36.5. The lowest BCUT2D eigenvalue weighted by Gasteiger charge is -2.30. The van der Waals surface area contributed by atoms with E-state index in [0.29, 0.717) is 36.4 Å². The first-order valence-electron chi connectivity index (χ1n) is 17.7. The lowest BCUT2D eigenvalue weighted by Crippen LogP contribution is -2.49. The molecule has 2 atom stereocenters. The highest BCUT2D eigenvalue weighted by atomic mass is 32.2. The van der Waals surface area contributed by atoms with Crippen LogP contribution in [0.3, 0.4) is 0 Å². The molecule has 0 radical (unpaired) electrons. The third-order valence-electron chi connectivity index (χ3n) is 9.23. The fraction of sp³-hybridized carbons (Fsp3) is 0.256. The number of aliphatic hydroxyl groups is 1. The van der Waals surface area contributed by atoms with Crippen LogP contribution in [0.2, 0.25) is 0 Å². The van der Waals surface area contributed by atoms with Crippen molar-refractivity contribution in [2.75, 3.05) is 25.5 Å². The van der Waals surface area contributed by atoms with E-state index >= 15 is 0 Å². The van der Waals surface area contributed by atoms with Crippen LogP contribution in [-0.2, 0) is 25.8 Å². The molecule has 0 saturated heterocycles. The van der Waals surface area contributed by atoms with Crippen LogP contribution in [0.1, 0.15) is 48.5 Å². The number of ether oxygens (including phenoxy) is 2. The number of hydrogen-bond acceptors (Lipinski definition) is 7. The minimum absolute atomic E-state index is 0.0353. The number of aliphatic imine (C=N–C) groups is 1. The quantitative estimate of drug-likeness (QED) is 0.0972. The maximum Gasteiger partial charge on any atom is 0.252 e. The average molecular weight is 717 g/mol. The van der Waals surface area contributed by atoms with Crippen molar-refractivity contribution >= 4 is 21.6 Å². The molecule has 1 amide bonds. The summed E-state index contributed by atoms with van der Waals surface area (Å²) in [5.74, 6) is 0.175. The number of unbranched alkanes of at least 4 members (excludes halogenated alkanes) is 1. The van der Waals surface area contributed by atoms with Gasteiger partial charge in [-0.25, -0.2) is 13.4 Å². The molecule has 8 nitrogen and oxygen atoms in total. The normalized spacial score (nSPS) is 16.9. The molecule has 1 aliphatic heterocycles. The summed E-state index contributed by atoms with van der Waals surface area (Å²) in [5.41, 5.74) is 3.04. The Morgan fingerprint density at radius 3 is 2.04 bits per heavy atom. The minimum atomic E-state index is -3.77. The van der Waals surface area contributed by atoms with Crippen molar-refractivity contribution in [2.24, 2.45) is 4.99 Å². The molecule has 5 aromatic carbocycles. The number of rotatable bonds is 17. The minimum Gasteiger partial charge on any atom is -0.494 e. The molecule has 1 aliphatic rings. The van der Waals surface area contributed by atoms with Crippen molar-refractivity contribution in [1.82, 2.24) is 5.32 Å². The molecular formula is C43H44N2O6S. The number of sulfone groups is 1. The van der Waals surface area contributed by atoms with Gasteiger partial charge >= 0.3 is 0 Å². The summed E-state index contributed by atoms with van der Waals surface area (Å²) < 4.78 is 39.7. The standard InChI is InChI=1S/C43H44N2O6S/c46-30-12-31-50-38-26-24-37(25-27-38)41-45-43(28-32-52(48,49)39-18-8-3-9-19-39,42(47)44-29-11-10-15-33-13-4-1-5-14-33)40(51-41)36-22-20-35(21-23-36)34-16-6-2-7-17-34/h1-9,13-14,16-27,40,46H,10-12,15,28-32H2,(H,44,47)/t40-,43-/m1/s1. The van der Waals surface area contributed by atoms with E-state index in [1.54, 1.807) is 54.6 Å². The Labute approximate surface area is 306 Å². The number of amides is 1. The van der Waals surface area contributed by atoms with E-state index < -0.39 is 21.5 Å². The predicted molar refractivity (Wildman–Crippen MR) is 204 cm³/mol. The molecule has 5 aromatic rings. The fourth-order valence-electron chi connectivity index (χ4n) is 6.34. The van der Waals surface area contributed by atoms with Crippen LogP contribution in [0.5, 0.6) is 5.75 Å². The molecule has 0 unspecified atom stereocenters. The van der Waals surface area contributed by atoms with E-state index in [0.717, 1.165) is 30.4 Å². The van der Waals surface area contributed by atoms with E-state index in [4.69, 9.17) is 19.6 Å². The second-order valence-corrected chi connectivity index (χ2v) is 15.0. The van der Waals surface area contributed by atoms with Crippen molar-refractivity contribution in [3.63, 3.8) is 0 Å². The monoisotopic (exact) mass is 716 g/mol. The molecular weight excluding hydrogens is 673 g/mol. The maximum absolute atomic E-state index is 14.6. The molecule has 0 saturated carbocycles. The summed E-state index contributed by atoms with van der Waals surface area (Å²) in [6.45, 7) is 0.815. The van der Waals surface area contributed by atoms with Crippen LogP contribution < -0.4 is 10.1 Å². The largest absolute Gasteiger partial charge is 0.494 e. The van der Waals surface area contributed by atoms with Gasteiger partial charge in [0, 0.05) is 31.6 Å². The topological polar surface area (TPSA) is 114 Å². The van der Waals surface area contributed by atoms with E-state index in [9.17, 15) is 13.2 Å². The number of aryl methyl sites for hydroxylation is 1. The summed E-state index contributed by atoms with van der Waals surface area (Å²) in [4.78, 5) is 19.8. The zero-order valence-corrected chi connectivity index (χ0v) is 29.9. The fourth-order valence-corrected chi connectivity index (χ4v) is 7.73. The second-order valence-electron chi connectivity index (χ2n) is 12.9. The van der Waals surface area contributed by atoms with Gasteiger partial charge < -0.3 is 19.9 Å². The summed E-state index contributed by atoms with van der Waals surface area (Å²) in [5, 5.41) is 12.2. The Morgan fingerprint density at radius 2 is 1.37 bits per heavy atom. The van der Waals surface area contributed by atoms with Gasteiger partial charge in [0.2, 0.25) is 5.90 Å². The molecule has 0 fully saturated rings. The third kappa shape index (κ3) is 8.96. The first-order chi connectivity index (χ1) is 25.4. The van der Waals surface area contributed by atoms with Gasteiger partial charge in [-0.2, -0.15) is 0 Å². The molecule has 0 bridgehead atoms. The zero-order valence-electron chi connectivity index (χ0n) is 29.1. The van der Waals surface area contributed by atoms with Crippen molar-refractivity contribution in [3.05, 3.63) is 156 Å². The van der Waals surface area contributed by atoms with Crippen molar-refractivity contribution in [1.29, 1.82) is 0 Å². The lowest BCUT2D eigenvalue weighted by atomic mass is 9.84. The SMILES string of the molecule is O=C(NCCCCc1ccccc1)[C@]1(CCS(=O)(=O)c2ccccc2)N=C(c2ccc(OCCCO)cc2)O[C@@H]1c1ccc(-c2ccccc2)cc1. The highest BCUT2D eigenvalue weighted by Gasteiger charge is 2.53. The number of hydrogen-bond donors (Lipinski definition) is 2. The predicted octanol–water partition coefficient (Wildman–Crippen LogP) is 7.37. The molecule has 0 spiro atoms. The summed E-state index contributed by atoms with van der Waals surface area (Å²) in [7, 11) is -3.77. The summed E-state index contributed by atoms with van der Waals surface area (Å²) in [6.07, 6.45) is 2.02. The maximum atomic E-state index is 14.6. The van der Waals surface area contributed by atoms with Crippen LogP contribution in [0.25, 0.3) is 11.1 Å². The Bertz CT molecular complexity index is 2020. The molecule has 2 N–H and O–H groups in total. The average Bonchev–Trinajstić information content (AvgIpc) is 3.59. The molecule has 9 heteroatoms. The smallest absolute Gasteiger partial charge is 0.252 e. The van der Waals surface area contributed by atoms with Crippen molar-refractivity contribution in [3.8, 4) is 16.9 Å². The number of carbonyl (C=O) groups is 1. The van der Waals surface area contributed by atoms with Crippen LogP contribution in [0.4, 0.5) is 0 Å². The number of nitrogens with one attached hydrogen (secondary N) is 1. The zero-order chi connectivity index (χ0) is 36.2. The Morgan fingerprint density at radius 1 is 0.750 bits per heavy atom. The molecule has 268 valence electrons. The van der Waals surface area contributed by atoms with Gasteiger partial charge in [-0.05, 0) is 77.9 Å². The van der Waals surface area contributed by atoms with E-state index in [1.807, 2.05) is 72.8 Å². The third-order valence-corrected chi connectivity index (χ3v) is 11.0. The van der Waals surface area contributed by atoms with Gasteiger partial charge in [0.05, 0.1) is 17.3 Å². The van der Waals surface area contributed by atoms with Crippen LogP contribution >= 0.6 is 0 Å². The molecule has 0 aliphatic carbocycles. The van der Waals surface area contributed by atoms with Crippen LogP contribution in [0, 0.1) is 0 Å². The van der Waals surface area contributed by atoms with Gasteiger partial charge in [0.25, 0.3) is 5.91 Å². The molecule has 6 rings (SSSR count). The number of benzene rings is 5. The second kappa shape index (κ2) is 17.3. The van der Waals surface area contributed by atoms with Gasteiger partial charge in [0.1, 0.15) is 5.75 Å². The Balaban J connectivity index is 1.33. The summed E-state index contributed by atoms with van der Waals surface area (Å²) in [6, 6.07) is 43.5. The first-order valence-corrected chi connectivity index (χ1v) is 19.4. The van der Waals surface area contributed by atoms with Gasteiger partial charge in [-0.3, -0.25) is 4.79 Å². The van der Waals surface area contributed by atoms with Crippen molar-refractivity contribution < 1.29 is 27.8 Å². The number of aliphatic hydroxyl groups excluding tert-OH is 1. The Kier molecular flexibility index (Phi) is 12.2. The summed E-state index contributed by atoms with van der Waals surface area (Å²) >= 11 is 0. The molecule has 0 aromatic heterocycles. The highest BCUT2D eigenvalue weighted by Crippen LogP contribution is 2.43. The van der Waals surface area contributed by atoms with E-state index in [-0.39, 0.29) is 35.5 Å². The lowest BCUT2D eigenvalue weighted by molar-refractivity contribution is -0.129. The Hall–Kier alpha value is -5.25. The van der Waals surface area contributed by atoms with Gasteiger partial charge in [-0.15, -0.1) is 0 Å². The van der Waals surface area contributed by atoms with Crippen LogP contribution in [0.15, 0.2) is 149 Å². The van der Waals surface area contributed by atoms with E-state index in [1.165, 1.54) is 5.56 Å². The van der Waals surface area contributed by atoms with E-state index in [2.05, 4.69) is 17.4 Å². The highest BCUT2D eigenvalue weighted by molar-refractivity contribution is 7.91. The van der Waals surface area contributed by atoms with Crippen LogP contribution in [-0.4, -0.2) is 56.4 Å². The van der Waals surface area contributed by atoms with Gasteiger partial charge in [-0.1, -0.05) is 103 Å². The van der Waals surface area contributed by atoms with Crippen molar-refractivity contribution in [2.45, 2.75) is 48.6 Å². The molecule has 52 heavy (non-hydrogen) atoms.